The molecule has 0 spiro atoms. The van der Waals surface area contributed by atoms with Crippen LogP contribution in [0.5, 0.6) is 0 Å². The fourth-order valence-electron chi connectivity index (χ4n) is 3.46. The Morgan fingerprint density at radius 2 is 1.48 bits per heavy atom. The number of nitrogens with zero attached hydrogens (tertiary/aromatic N) is 2. The third-order valence-electron chi connectivity index (χ3n) is 5.01. The van der Waals surface area contributed by atoms with Gasteiger partial charge in [0.1, 0.15) is 5.82 Å². The molecule has 33 heavy (non-hydrogen) atoms. The van der Waals surface area contributed by atoms with Crippen LogP contribution < -0.4 is 10.6 Å². The smallest absolute Gasteiger partial charge is 0.276 e. The average Bonchev–Trinajstić information content (AvgIpc) is 2.77. The zero-order chi connectivity index (χ0) is 24.1. The number of nitro groups is 2. The highest BCUT2D eigenvalue weighted by Gasteiger charge is 2.23. The molecule has 0 aliphatic carbocycles. The Morgan fingerprint density at radius 3 is 2.03 bits per heavy atom. The van der Waals surface area contributed by atoms with Crippen molar-refractivity contribution in [3.63, 3.8) is 0 Å². The molecule has 3 aromatic carbocycles. The van der Waals surface area contributed by atoms with Gasteiger partial charge in [0.05, 0.1) is 22.0 Å². The summed E-state index contributed by atoms with van der Waals surface area (Å²) >= 11 is 0. The maximum Gasteiger partial charge on any atom is 0.276 e. The lowest BCUT2D eigenvalue weighted by molar-refractivity contribution is -0.394. The summed E-state index contributed by atoms with van der Waals surface area (Å²) in [6, 6.07) is 15.3. The highest BCUT2D eigenvalue weighted by Crippen LogP contribution is 2.31. The van der Waals surface area contributed by atoms with E-state index in [2.05, 4.69) is 10.6 Å². The van der Waals surface area contributed by atoms with Crippen molar-refractivity contribution >= 4 is 23.0 Å². The van der Waals surface area contributed by atoms with Gasteiger partial charge in [-0.3, -0.25) is 30.3 Å². The van der Waals surface area contributed by atoms with E-state index >= 15 is 0 Å². The molecule has 10 heteroatoms. The van der Waals surface area contributed by atoms with Crippen molar-refractivity contribution in [2.45, 2.75) is 25.9 Å². The Bertz CT molecular complexity index is 1170. The Hall–Kier alpha value is -4.18. The second-order valence-corrected chi connectivity index (χ2v) is 7.48. The van der Waals surface area contributed by atoms with Gasteiger partial charge >= 0.3 is 0 Å². The lowest BCUT2D eigenvalue weighted by Gasteiger charge is -2.25. The SMILES string of the molecule is CC(=O)Nc1cccc(C(NC(C)c2cc([N+](=O)[O-])cc([N+](=O)[O-])c2)c2ccc(F)cc2)c1. The summed E-state index contributed by atoms with van der Waals surface area (Å²) < 4.78 is 13.5. The zero-order valence-electron chi connectivity index (χ0n) is 17.8. The van der Waals surface area contributed by atoms with Gasteiger partial charge in [-0.2, -0.15) is 0 Å². The number of anilines is 1. The molecule has 3 aromatic rings. The topological polar surface area (TPSA) is 127 Å². The number of hydrogen-bond acceptors (Lipinski definition) is 6. The molecule has 2 N–H and O–H groups in total. The molecule has 9 nitrogen and oxygen atoms in total. The maximum atomic E-state index is 13.5. The van der Waals surface area contributed by atoms with E-state index < -0.39 is 27.7 Å². The molecule has 0 bridgehead atoms. The lowest BCUT2D eigenvalue weighted by Crippen LogP contribution is -2.26. The van der Waals surface area contributed by atoms with Crippen molar-refractivity contribution in [2.75, 3.05) is 5.32 Å². The molecule has 0 aliphatic rings. The predicted octanol–water partition coefficient (Wildman–Crippen LogP) is 5.04. The number of halogens is 1. The minimum Gasteiger partial charge on any atom is -0.326 e. The second kappa shape index (κ2) is 9.96. The fourth-order valence-corrected chi connectivity index (χ4v) is 3.46. The van der Waals surface area contributed by atoms with Crippen LogP contribution in [0.2, 0.25) is 0 Å². The van der Waals surface area contributed by atoms with Crippen LogP contribution in [-0.4, -0.2) is 15.8 Å². The number of nitro benzene ring substituents is 2. The van der Waals surface area contributed by atoms with Crippen molar-refractivity contribution in [1.29, 1.82) is 0 Å². The third-order valence-corrected chi connectivity index (χ3v) is 5.01. The first kappa shape index (κ1) is 23.5. The fraction of sp³-hybridized carbons (Fsp3) is 0.174. The highest BCUT2D eigenvalue weighted by atomic mass is 19.1. The van der Waals surface area contributed by atoms with Crippen LogP contribution in [-0.2, 0) is 4.79 Å². The predicted molar refractivity (Wildman–Crippen MR) is 120 cm³/mol. The van der Waals surface area contributed by atoms with Gasteiger partial charge in [0.25, 0.3) is 11.4 Å². The van der Waals surface area contributed by atoms with E-state index in [1.807, 2.05) is 6.07 Å². The molecular weight excluding hydrogens is 431 g/mol. The van der Waals surface area contributed by atoms with Crippen molar-refractivity contribution in [1.82, 2.24) is 5.32 Å². The van der Waals surface area contributed by atoms with Gasteiger partial charge in [0.2, 0.25) is 5.91 Å². The molecule has 3 rings (SSSR count). The molecular formula is C23H21FN4O5. The van der Waals surface area contributed by atoms with Crippen molar-refractivity contribution < 1.29 is 19.0 Å². The summed E-state index contributed by atoms with van der Waals surface area (Å²) in [5.41, 5.74) is 1.56. The summed E-state index contributed by atoms with van der Waals surface area (Å²) in [6.45, 7) is 3.11. The van der Waals surface area contributed by atoms with Gasteiger partial charge in [-0.1, -0.05) is 24.3 Å². The monoisotopic (exact) mass is 452 g/mol. The number of carbonyl (C=O) groups is 1. The number of hydrogen-bond donors (Lipinski definition) is 2. The van der Waals surface area contributed by atoms with E-state index in [1.54, 1.807) is 37.3 Å². The number of benzene rings is 3. The molecule has 0 aromatic heterocycles. The van der Waals surface area contributed by atoms with Crippen molar-refractivity contribution in [3.8, 4) is 0 Å². The number of amides is 1. The Labute approximate surface area is 188 Å². The van der Waals surface area contributed by atoms with Gasteiger partial charge in [0.15, 0.2) is 0 Å². The molecule has 0 radical (unpaired) electrons. The van der Waals surface area contributed by atoms with Crippen molar-refractivity contribution in [3.05, 3.63) is 109 Å². The van der Waals surface area contributed by atoms with Gasteiger partial charge in [-0.15, -0.1) is 0 Å². The average molecular weight is 452 g/mol. The number of nitrogens with one attached hydrogen (secondary N) is 2. The van der Waals surface area contributed by atoms with Crippen molar-refractivity contribution in [2.24, 2.45) is 0 Å². The van der Waals surface area contributed by atoms with Gasteiger partial charge in [-0.05, 0) is 47.9 Å². The van der Waals surface area contributed by atoms with E-state index in [0.717, 1.165) is 11.6 Å². The first-order valence-corrected chi connectivity index (χ1v) is 9.97. The van der Waals surface area contributed by atoms with E-state index in [4.69, 9.17) is 0 Å². The van der Waals surface area contributed by atoms with E-state index in [-0.39, 0.29) is 17.3 Å². The molecule has 0 fully saturated rings. The van der Waals surface area contributed by atoms with Crippen LogP contribution in [0.1, 0.15) is 42.6 Å². The summed E-state index contributed by atoms with van der Waals surface area (Å²) in [6.07, 6.45) is 0. The number of non-ortho nitro benzene ring substituents is 2. The summed E-state index contributed by atoms with van der Waals surface area (Å²) in [5, 5.41) is 28.6. The third kappa shape index (κ3) is 5.95. The minimum atomic E-state index is -0.683. The molecule has 2 atom stereocenters. The summed E-state index contributed by atoms with van der Waals surface area (Å²) in [4.78, 5) is 32.6. The van der Waals surface area contributed by atoms with Crippen LogP contribution in [0.4, 0.5) is 21.5 Å². The van der Waals surface area contributed by atoms with E-state index in [9.17, 15) is 29.4 Å². The Kier molecular flexibility index (Phi) is 7.09. The van der Waals surface area contributed by atoms with Gasteiger partial charge in [-0.25, -0.2) is 4.39 Å². The quantitative estimate of drug-likeness (QED) is 0.364. The Morgan fingerprint density at radius 1 is 0.879 bits per heavy atom. The van der Waals surface area contributed by atoms with Gasteiger partial charge in [0, 0.05) is 30.8 Å². The molecule has 0 aliphatic heterocycles. The van der Waals surface area contributed by atoms with E-state index in [0.29, 0.717) is 16.8 Å². The largest absolute Gasteiger partial charge is 0.326 e. The molecule has 170 valence electrons. The summed E-state index contributed by atoms with van der Waals surface area (Å²) in [7, 11) is 0. The standard InChI is InChI=1S/C23H21FN4O5/c1-14(18-11-21(27(30)31)13-22(12-18)28(32)33)25-23(16-6-8-19(24)9-7-16)17-4-3-5-20(10-17)26-15(2)29/h3-14,23,25H,1-2H3,(H,26,29). The molecule has 2 unspecified atom stereocenters. The molecule has 0 saturated heterocycles. The zero-order valence-corrected chi connectivity index (χ0v) is 17.8. The minimum absolute atomic E-state index is 0.240. The van der Waals surface area contributed by atoms with Gasteiger partial charge < -0.3 is 5.32 Å². The molecule has 1 amide bonds. The van der Waals surface area contributed by atoms with Crippen LogP contribution in [0, 0.1) is 26.0 Å². The number of carbonyl (C=O) groups excluding carboxylic acids is 1. The summed E-state index contributed by atoms with van der Waals surface area (Å²) in [5.74, 6) is -0.650. The first-order valence-electron chi connectivity index (χ1n) is 9.97. The van der Waals surface area contributed by atoms with Crippen LogP contribution in [0.25, 0.3) is 0 Å². The highest BCUT2D eigenvalue weighted by molar-refractivity contribution is 5.88. The Balaban J connectivity index is 2.02. The first-order chi connectivity index (χ1) is 15.6. The van der Waals surface area contributed by atoms with Crippen LogP contribution in [0.3, 0.4) is 0 Å². The lowest BCUT2D eigenvalue weighted by atomic mass is 9.96. The normalized spacial score (nSPS) is 12.6. The molecule has 0 heterocycles. The van der Waals surface area contributed by atoms with E-state index in [1.165, 1.54) is 31.2 Å². The maximum absolute atomic E-state index is 13.5. The van der Waals surface area contributed by atoms with Crippen LogP contribution in [0.15, 0.2) is 66.7 Å². The number of rotatable bonds is 8. The second-order valence-electron chi connectivity index (χ2n) is 7.48. The van der Waals surface area contributed by atoms with Crippen LogP contribution >= 0.6 is 0 Å². The molecule has 0 saturated carbocycles.